The molecule has 0 aliphatic heterocycles. The Morgan fingerprint density at radius 2 is 2.27 bits per heavy atom. The second-order valence-corrected chi connectivity index (χ2v) is 3.53. The molecule has 5 nitrogen and oxygen atoms in total. The molecule has 2 N–H and O–H groups in total. The number of halogens is 1. The number of hydrogen-bond acceptors (Lipinski definition) is 3. The van der Waals surface area contributed by atoms with Crippen molar-refractivity contribution in [1.82, 2.24) is 20.2 Å². The van der Waals surface area contributed by atoms with Crippen LogP contribution in [0.25, 0.3) is 21.9 Å². The van der Waals surface area contributed by atoms with Gasteiger partial charge in [0.1, 0.15) is 5.65 Å². The number of aromatic amines is 2. The van der Waals surface area contributed by atoms with Crippen LogP contribution in [0.15, 0.2) is 23.3 Å². The molecule has 0 fully saturated rings. The first-order valence-electron chi connectivity index (χ1n) is 4.27. The Bertz CT molecular complexity index is 715. The predicted molar refractivity (Wildman–Crippen MR) is 57.0 cm³/mol. The van der Waals surface area contributed by atoms with Crippen LogP contribution < -0.4 is 5.56 Å². The maximum atomic E-state index is 11.5. The van der Waals surface area contributed by atoms with Crippen LogP contribution in [0, 0.1) is 0 Å². The average Bonchev–Trinajstić information content (AvgIpc) is 2.66. The SMILES string of the molecule is O=c1[nH]c2nccc(Cl)c2c2c[nH]nc12. The fourth-order valence-electron chi connectivity index (χ4n) is 1.61. The minimum Gasteiger partial charge on any atom is -0.305 e. The van der Waals surface area contributed by atoms with Crippen molar-refractivity contribution in [1.29, 1.82) is 0 Å². The third-order valence-corrected chi connectivity index (χ3v) is 2.57. The Kier molecular flexibility index (Phi) is 1.58. The molecule has 0 saturated carbocycles. The zero-order chi connectivity index (χ0) is 10.4. The summed E-state index contributed by atoms with van der Waals surface area (Å²) in [6, 6.07) is 1.68. The molecule has 0 aliphatic carbocycles. The van der Waals surface area contributed by atoms with Gasteiger partial charge in [0.25, 0.3) is 5.56 Å². The number of fused-ring (bicyclic) bond motifs is 3. The van der Waals surface area contributed by atoms with Crippen LogP contribution in [-0.2, 0) is 0 Å². The number of nitrogens with one attached hydrogen (secondary N) is 2. The van der Waals surface area contributed by atoms with E-state index in [-0.39, 0.29) is 5.56 Å². The molecule has 15 heavy (non-hydrogen) atoms. The molecule has 3 aromatic rings. The molecule has 0 spiro atoms. The lowest BCUT2D eigenvalue weighted by Gasteiger charge is -1.99. The van der Waals surface area contributed by atoms with Gasteiger partial charge in [-0.2, -0.15) is 5.10 Å². The summed E-state index contributed by atoms with van der Waals surface area (Å²) in [6.45, 7) is 0. The average molecular weight is 221 g/mol. The lowest BCUT2D eigenvalue weighted by atomic mass is 10.2. The smallest absolute Gasteiger partial charge is 0.277 e. The van der Waals surface area contributed by atoms with Crippen LogP contribution in [0.3, 0.4) is 0 Å². The molecule has 74 valence electrons. The summed E-state index contributed by atoms with van der Waals surface area (Å²) in [5.41, 5.74) is 0.548. The van der Waals surface area contributed by atoms with Crippen LogP contribution in [0.2, 0.25) is 5.02 Å². The Morgan fingerprint density at radius 3 is 3.13 bits per heavy atom. The van der Waals surface area contributed by atoms with E-state index in [1.54, 1.807) is 18.5 Å². The molecule has 0 amide bonds. The van der Waals surface area contributed by atoms with Crippen LogP contribution in [0.4, 0.5) is 0 Å². The number of rotatable bonds is 0. The standard InChI is InChI=1S/C9H5ClN4O/c10-5-1-2-11-8-6(5)4-3-12-14-7(4)9(15)13-8/h1-3H,(H,12,14)(H,11,13,15). The van der Waals surface area contributed by atoms with E-state index in [0.717, 1.165) is 0 Å². The largest absolute Gasteiger partial charge is 0.305 e. The molecule has 3 aromatic heterocycles. The van der Waals surface area contributed by atoms with Crippen LogP contribution in [-0.4, -0.2) is 20.2 Å². The number of hydrogen-bond donors (Lipinski definition) is 2. The normalized spacial score (nSPS) is 11.3. The van der Waals surface area contributed by atoms with Crippen molar-refractivity contribution in [3.63, 3.8) is 0 Å². The Morgan fingerprint density at radius 1 is 1.40 bits per heavy atom. The van der Waals surface area contributed by atoms with E-state index in [1.807, 2.05) is 0 Å². The van der Waals surface area contributed by atoms with E-state index in [0.29, 0.717) is 27.0 Å². The summed E-state index contributed by atoms with van der Waals surface area (Å²) in [6.07, 6.45) is 3.19. The summed E-state index contributed by atoms with van der Waals surface area (Å²) in [4.78, 5) is 18.2. The molecule has 0 unspecified atom stereocenters. The van der Waals surface area contributed by atoms with Gasteiger partial charge in [-0.3, -0.25) is 9.89 Å². The summed E-state index contributed by atoms with van der Waals surface area (Å²) in [7, 11) is 0. The van der Waals surface area contributed by atoms with Gasteiger partial charge in [-0.1, -0.05) is 11.6 Å². The van der Waals surface area contributed by atoms with E-state index < -0.39 is 0 Å². The first-order chi connectivity index (χ1) is 7.27. The highest BCUT2D eigenvalue weighted by Gasteiger charge is 2.10. The fourth-order valence-corrected chi connectivity index (χ4v) is 1.86. The van der Waals surface area contributed by atoms with Gasteiger partial charge in [-0.15, -0.1) is 0 Å². The van der Waals surface area contributed by atoms with Crippen molar-refractivity contribution < 1.29 is 0 Å². The number of H-pyrrole nitrogens is 2. The molecule has 6 heteroatoms. The minimum absolute atomic E-state index is 0.270. The van der Waals surface area contributed by atoms with Crippen molar-refractivity contribution >= 4 is 33.5 Å². The summed E-state index contributed by atoms with van der Waals surface area (Å²) in [5.74, 6) is 0. The highest BCUT2D eigenvalue weighted by atomic mass is 35.5. The summed E-state index contributed by atoms with van der Waals surface area (Å²) < 4.78 is 0. The van der Waals surface area contributed by atoms with Crippen LogP contribution >= 0.6 is 11.6 Å². The Balaban J connectivity index is 2.74. The van der Waals surface area contributed by atoms with E-state index >= 15 is 0 Å². The molecule has 0 saturated heterocycles. The predicted octanol–water partition coefficient (Wildman–Crippen LogP) is 1.45. The Hall–Kier alpha value is -1.88. The number of pyridine rings is 2. The summed E-state index contributed by atoms with van der Waals surface area (Å²) in [5, 5.41) is 8.44. The van der Waals surface area contributed by atoms with Crippen molar-refractivity contribution in [3.8, 4) is 0 Å². The molecule has 0 bridgehead atoms. The number of nitrogens with zero attached hydrogens (tertiary/aromatic N) is 2. The molecular weight excluding hydrogens is 216 g/mol. The third-order valence-electron chi connectivity index (χ3n) is 2.26. The third kappa shape index (κ3) is 1.07. The van der Waals surface area contributed by atoms with Gasteiger partial charge in [-0.25, -0.2) is 4.98 Å². The van der Waals surface area contributed by atoms with Gasteiger partial charge in [0, 0.05) is 23.2 Å². The molecular formula is C9H5ClN4O. The highest BCUT2D eigenvalue weighted by molar-refractivity contribution is 6.37. The van der Waals surface area contributed by atoms with Gasteiger partial charge in [-0.05, 0) is 6.07 Å². The second kappa shape index (κ2) is 2.80. The zero-order valence-electron chi connectivity index (χ0n) is 7.41. The number of aromatic nitrogens is 4. The lowest BCUT2D eigenvalue weighted by molar-refractivity contribution is 1.11. The van der Waals surface area contributed by atoms with Crippen molar-refractivity contribution in [2.75, 3.05) is 0 Å². The van der Waals surface area contributed by atoms with Gasteiger partial charge in [0.15, 0.2) is 5.52 Å². The first-order valence-corrected chi connectivity index (χ1v) is 4.65. The Labute approximate surface area is 88.1 Å². The van der Waals surface area contributed by atoms with E-state index in [1.165, 1.54) is 0 Å². The van der Waals surface area contributed by atoms with E-state index in [9.17, 15) is 4.79 Å². The molecule has 3 heterocycles. The molecule has 0 aromatic carbocycles. The topological polar surface area (TPSA) is 74.4 Å². The molecule has 0 atom stereocenters. The molecule has 0 radical (unpaired) electrons. The van der Waals surface area contributed by atoms with Crippen LogP contribution in [0.5, 0.6) is 0 Å². The zero-order valence-corrected chi connectivity index (χ0v) is 8.17. The highest BCUT2D eigenvalue weighted by Crippen LogP contribution is 2.25. The molecule has 3 rings (SSSR count). The quantitative estimate of drug-likeness (QED) is 0.602. The van der Waals surface area contributed by atoms with Crippen molar-refractivity contribution in [2.24, 2.45) is 0 Å². The maximum absolute atomic E-state index is 11.5. The van der Waals surface area contributed by atoms with Crippen molar-refractivity contribution in [2.45, 2.75) is 0 Å². The van der Waals surface area contributed by atoms with Crippen molar-refractivity contribution in [3.05, 3.63) is 33.8 Å². The monoisotopic (exact) mass is 220 g/mol. The summed E-state index contributed by atoms with van der Waals surface area (Å²) >= 11 is 6.04. The maximum Gasteiger partial charge on any atom is 0.277 e. The lowest BCUT2D eigenvalue weighted by Crippen LogP contribution is -2.07. The van der Waals surface area contributed by atoms with E-state index in [4.69, 9.17) is 11.6 Å². The van der Waals surface area contributed by atoms with Gasteiger partial charge in [0.2, 0.25) is 0 Å². The molecule has 0 aliphatic rings. The fraction of sp³-hybridized carbons (Fsp3) is 0. The van der Waals surface area contributed by atoms with E-state index in [2.05, 4.69) is 20.2 Å². The minimum atomic E-state index is -0.270. The van der Waals surface area contributed by atoms with Gasteiger partial charge in [0.05, 0.1) is 5.02 Å². The van der Waals surface area contributed by atoms with Crippen LogP contribution in [0.1, 0.15) is 0 Å². The van der Waals surface area contributed by atoms with Gasteiger partial charge >= 0.3 is 0 Å². The van der Waals surface area contributed by atoms with Gasteiger partial charge < -0.3 is 4.98 Å². The second-order valence-electron chi connectivity index (χ2n) is 3.12. The first kappa shape index (κ1) is 8.43.